The molecule has 2 saturated carbocycles. The lowest BCUT2D eigenvalue weighted by atomic mass is 9.85. The third kappa shape index (κ3) is 2.20. The predicted molar refractivity (Wildman–Crippen MR) is 56.1 cm³/mol. The van der Waals surface area contributed by atoms with Crippen LogP contribution in [0, 0.1) is 5.92 Å². The summed E-state index contributed by atoms with van der Waals surface area (Å²) in [6.07, 6.45) is 7.58. The summed E-state index contributed by atoms with van der Waals surface area (Å²) in [5.41, 5.74) is 0. The summed E-state index contributed by atoms with van der Waals surface area (Å²) < 4.78 is 0. The summed E-state index contributed by atoms with van der Waals surface area (Å²) in [5.74, 6) is 0.771. The fourth-order valence-electron chi connectivity index (χ4n) is 1.98. The molecule has 0 atom stereocenters. The van der Waals surface area contributed by atoms with Crippen LogP contribution in [0.25, 0.3) is 0 Å². The van der Waals surface area contributed by atoms with Gasteiger partial charge in [-0.2, -0.15) is 0 Å². The van der Waals surface area contributed by atoms with Crippen molar-refractivity contribution < 1.29 is 4.79 Å². The molecular weight excluding hydrogens is 176 g/mol. The minimum Gasteiger partial charge on any atom is -0.335 e. The van der Waals surface area contributed by atoms with Gasteiger partial charge in [0.15, 0.2) is 0 Å². The molecule has 2 aliphatic rings. The molecule has 80 valence electrons. The number of amides is 2. The monoisotopic (exact) mass is 196 g/mol. The van der Waals surface area contributed by atoms with E-state index in [0.29, 0.717) is 6.04 Å². The highest BCUT2D eigenvalue weighted by Crippen LogP contribution is 2.26. The van der Waals surface area contributed by atoms with Gasteiger partial charge in [-0.15, -0.1) is 0 Å². The van der Waals surface area contributed by atoms with E-state index in [0.717, 1.165) is 12.5 Å². The van der Waals surface area contributed by atoms with Crippen LogP contribution >= 0.6 is 0 Å². The standard InChI is InChI=1S/C11H20N2O/c1-13(8-9-4-2-5-9)11(14)12-10-6-3-7-10/h9-10H,2-8H2,1H3,(H,12,14). The van der Waals surface area contributed by atoms with Gasteiger partial charge < -0.3 is 10.2 Å². The second kappa shape index (κ2) is 4.20. The zero-order valence-electron chi connectivity index (χ0n) is 8.96. The van der Waals surface area contributed by atoms with Crippen LogP contribution in [0.15, 0.2) is 0 Å². The molecule has 2 rings (SSSR count). The Balaban J connectivity index is 1.66. The lowest BCUT2D eigenvalue weighted by molar-refractivity contribution is 0.173. The lowest BCUT2D eigenvalue weighted by Crippen LogP contribution is -2.47. The van der Waals surface area contributed by atoms with Gasteiger partial charge in [-0.05, 0) is 38.0 Å². The van der Waals surface area contributed by atoms with Crippen LogP contribution in [0.4, 0.5) is 4.79 Å². The van der Waals surface area contributed by atoms with Gasteiger partial charge in [0.2, 0.25) is 0 Å². The van der Waals surface area contributed by atoms with Gasteiger partial charge in [0.25, 0.3) is 0 Å². The van der Waals surface area contributed by atoms with E-state index < -0.39 is 0 Å². The normalized spacial score (nSPS) is 22.4. The molecule has 0 aromatic carbocycles. The number of hydrogen-bond donors (Lipinski definition) is 1. The minimum atomic E-state index is 0.126. The first-order chi connectivity index (χ1) is 6.75. The van der Waals surface area contributed by atoms with E-state index in [1.807, 2.05) is 11.9 Å². The van der Waals surface area contributed by atoms with E-state index >= 15 is 0 Å². The first kappa shape index (κ1) is 9.81. The zero-order valence-corrected chi connectivity index (χ0v) is 8.96. The number of carbonyl (C=O) groups is 1. The molecule has 0 unspecified atom stereocenters. The Bertz CT molecular complexity index is 209. The third-order valence-corrected chi connectivity index (χ3v) is 3.54. The van der Waals surface area contributed by atoms with E-state index in [1.165, 1.54) is 38.5 Å². The Morgan fingerprint density at radius 2 is 1.93 bits per heavy atom. The quantitative estimate of drug-likeness (QED) is 0.735. The van der Waals surface area contributed by atoms with Crippen molar-refractivity contribution >= 4 is 6.03 Å². The molecule has 3 heteroatoms. The van der Waals surface area contributed by atoms with Crippen molar-refractivity contribution in [3.8, 4) is 0 Å². The van der Waals surface area contributed by atoms with Crippen LogP contribution in [0.1, 0.15) is 38.5 Å². The summed E-state index contributed by atoms with van der Waals surface area (Å²) in [6.45, 7) is 0.943. The molecule has 2 aliphatic carbocycles. The summed E-state index contributed by atoms with van der Waals surface area (Å²) >= 11 is 0. The maximum atomic E-state index is 11.6. The summed E-state index contributed by atoms with van der Waals surface area (Å²) in [7, 11) is 1.91. The van der Waals surface area contributed by atoms with Crippen molar-refractivity contribution in [2.45, 2.75) is 44.6 Å². The van der Waals surface area contributed by atoms with Gasteiger partial charge in [-0.1, -0.05) is 6.42 Å². The molecule has 2 fully saturated rings. The molecule has 0 saturated heterocycles. The highest BCUT2D eigenvalue weighted by molar-refractivity contribution is 5.74. The van der Waals surface area contributed by atoms with Crippen LogP contribution in [-0.4, -0.2) is 30.6 Å². The van der Waals surface area contributed by atoms with Crippen LogP contribution in [0.2, 0.25) is 0 Å². The molecule has 0 aromatic heterocycles. The van der Waals surface area contributed by atoms with Gasteiger partial charge in [0.05, 0.1) is 0 Å². The molecule has 2 amide bonds. The van der Waals surface area contributed by atoms with E-state index in [-0.39, 0.29) is 6.03 Å². The largest absolute Gasteiger partial charge is 0.335 e. The number of nitrogens with one attached hydrogen (secondary N) is 1. The molecule has 0 aromatic rings. The first-order valence-corrected chi connectivity index (χ1v) is 5.77. The number of hydrogen-bond acceptors (Lipinski definition) is 1. The molecule has 0 aliphatic heterocycles. The number of nitrogens with zero attached hydrogens (tertiary/aromatic N) is 1. The van der Waals surface area contributed by atoms with Crippen molar-refractivity contribution in [3.05, 3.63) is 0 Å². The van der Waals surface area contributed by atoms with E-state index in [4.69, 9.17) is 0 Å². The summed E-state index contributed by atoms with van der Waals surface area (Å²) in [4.78, 5) is 13.5. The molecule has 3 nitrogen and oxygen atoms in total. The minimum absolute atomic E-state index is 0.126. The van der Waals surface area contributed by atoms with Gasteiger partial charge >= 0.3 is 6.03 Å². The topological polar surface area (TPSA) is 32.3 Å². The smallest absolute Gasteiger partial charge is 0.317 e. The maximum absolute atomic E-state index is 11.6. The average Bonchev–Trinajstić information content (AvgIpc) is 2.03. The van der Waals surface area contributed by atoms with Crippen molar-refractivity contribution in [1.29, 1.82) is 0 Å². The van der Waals surface area contributed by atoms with Crippen molar-refractivity contribution in [3.63, 3.8) is 0 Å². The molecular formula is C11H20N2O. The van der Waals surface area contributed by atoms with Gasteiger partial charge in [0.1, 0.15) is 0 Å². The summed E-state index contributed by atoms with van der Waals surface area (Å²) in [6, 6.07) is 0.591. The molecule has 1 N–H and O–H groups in total. The fourth-order valence-corrected chi connectivity index (χ4v) is 1.98. The number of carbonyl (C=O) groups excluding carboxylic acids is 1. The third-order valence-electron chi connectivity index (χ3n) is 3.54. The Morgan fingerprint density at radius 3 is 2.36 bits per heavy atom. The molecule has 0 bridgehead atoms. The van der Waals surface area contributed by atoms with E-state index in [2.05, 4.69) is 5.32 Å². The Hall–Kier alpha value is -0.730. The Labute approximate surface area is 85.8 Å². The van der Waals surface area contributed by atoms with Crippen LogP contribution in [0.5, 0.6) is 0 Å². The van der Waals surface area contributed by atoms with Crippen molar-refractivity contribution in [1.82, 2.24) is 10.2 Å². The SMILES string of the molecule is CN(CC1CCC1)C(=O)NC1CCC1. The van der Waals surface area contributed by atoms with Gasteiger partial charge in [-0.3, -0.25) is 0 Å². The molecule has 0 heterocycles. The van der Waals surface area contributed by atoms with Crippen LogP contribution < -0.4 is 5.32 Å². The summed E-state index contributed by atoms with van der Waals surface area (Å²) in [5, 5.41) is 3.06. The lowest BCUT2D eigenvalue weighted by Gasteiger charge is -2.33. The highest BCUT2D eigenvalue weighted by Gasteiger charge is 2.24. The predicted octanol–water partition coefficient (Wildman–Crippen LogP) is 1.98. The molecule has 14 heavy (non-hydrogen) atoms. The average molecular weight is 196 g/mol. The molecule has 0 spiro atoms. The number of rotatable bonds is 3. The second-order valence-electron chi connectivity index (χ2n) is 4.75. The molecule has 0 radical (unpaired) electrons. The van der Waals surface area contributed by atoms with Crippen molar-refractivity contribution in [2.24, 2.45) is 5.92 Å². The Morgan fingerprint density at radius 1 is 1.29 bits per heavy atom. The van der Waals surface area contributed by atoms with Gasteiger partial charge in [0, 0.05) is 19.6 Å². The van der Waals surface area contributed by atoms with Gasteiger partial charge in [-0.25, -0.2) is 4.79 Å². The Kier molecular flexibility index (Phi) is 2.94. The van der Waals surface area contributed by atoms with Crippen LogP contribution in [0.3, 0.4) is 0 Å². The van der Waals surface area contributed by atoms with Crippen LogP contribution in [-0.2, 0) is 0 Å². The fraction of sp³-hybridized carbons (Fsp3) is 0.909. The number of urea groups is 1. The first-order valence-electron chi connectivity index (χ1n) is 5.77. The van der Waals surface area contributed by atoms with E-state index in [9.17, 15) is 4.79 Å². The zero-order chi connectivity index (χ0) is 9.97. The van der Waals surface area contributed by atoms with E-state index in [1.54, 1.807) is 0 Å². The van der Waals surface area contributed by atoms with Crippen molar-refractivity contribution in [2.75, 3.05) is 13.6 Å². The second-order valence-corrected chi connectivity index (χ2v) is 4.75. The maximum Gasteiger partial charge on any atom is 0.317 e. The highest BCUT2D eigenvalue weighted by atomic mass is 16.2.